The van der Waals surface area contributed by atoms with Crippen molar-refractivity contribution in [3.63, 3.8) is 0 Å². The average molecular weight is 435 g/mol. The number of benzene rings is 2. The van der Waals surface area contributed by atoms with E-state index in [4.69, 9.17) is 4.98 Å². The van der Waals surface area contributed by atoms with Gasteiger partial charge in [0.05, 0.1) is 21.0 Å². The highest BCUT2D eigenvalue weighted by molar-refractivity contribution is 8.00. The van der Waals surface area contributed by atoms with E-state index in [2.05, 4.69) is 38.1 Å². The van der Waals surface area contributed by atoms with Crippen LogP contribution in [0.4, 0.5) is 5.13 Å². The number of hydrogen-bond acceptors (Lipinski definition) is 7. The third kappa shape index (κ3) is 3.29. The monoisotopic (exact) mass is 434 g/mol. The third-order valence-corrected chi connectivity index (χ3v) is 6.75. The molecule has 1 unspecified atom stereocenters. The number of carbonyl (C=O) groups excluding carboxylic acids is 1. The molecule has 0 spiro atoms. The molecule has 2 aromatic carbocycles. The van der Waals surface area contributed by atoms with Crippen molar-refractivity contribution in [3.05, 3.63) is 48.5 Å². The minimum absolute atomic E-state index is 0.140. The van der Waals surface area contributed by atoms with Crippen molar-refractivity contribution >= 4 is 66.4 Å². The number of fused-ring (bicyclic) bond motifs is 4. The van der Waals surface area contributed by atoms with E-state index in [1.54, 1.807) is 0 Å². The van der Waals surface area contributed by atoms with Gasteiger partial charge in [-0.15, -0.1) is 10.2 Å². The summed E-state index contributed by atoms with van der Waals surface area (Å²) in [4.78, 5) is 21.8. The maximum atomic E-state index is 12.7. The summed E-state index contributed by atoms with van der Waals surface area (Å²) >= 11 is 2.75. The van der Waals surface area contributed by atoms with Crippen LogP contribution < -0.4 is 5.32 Å². The van der Waals surface area contributed by atoms with Crippen LogP contribution >= 0.6 is 23.1 Å². The first kappa shape index (κ1) is 19.0. The van der Waals surface area contributed by atoms with Crippen LogP contribution in [0.2, 0.25) is 0 Å². The predicted molar refractivity (Wildman–Crippen MR) is 122 cm³/mol. The van der Waals surface area contributed by atoms with Gasteiger partial charge in [0.25, 0.3) is 0 Å². The van der Waals surface area contributed by atoms with Crippen molar-refractivity contribution in [2.24, 2.45) is 0 Å². The number of anilines is 1. The molecule has 5 rings (SSSR count). The Kier molecular flexibility index (Phi) is 4.84. The van der Waals surface area contributed by atoms with Crippen molar-refractivity contribution in [2.45, 2.75) is 30.8 Å². The Morgan fingerprint density at radius 3 is 2.77 bits per heavy atom. The van der Waals surface area contributed by atoms with Crippen LogP contribution in [0.5, 0.6) is 0 Å². The number of thioether (sulfide) groups is 1. The van der Waals surface area contributed by atoms with Crippen LogP contribution in [0.25, 0.3) is 32.3 Å². The number of aromatic nitrogens is 5. The van der Waals surface area contributed by atoms with Crippen molar-refractivity contribution in [3.8, 4) is 0 Å². The molecule has 0 aliphatic rings. The highest BCUT2D eigenvalue weighted by Gasteiger charge is 2.20. The highest BCUT2D eigenvalue weighted by Crippen LogP contribution is 2.29. The van der Waals surface area contributed by atoms with Gasteiger partial charge in [0.1, 0.15) is 5.52 Å². The fourth-order valence-electron chi connectivity index (χ4n) is 3.40. The minimum Gasteiger partial charge on any atom is -0.324 e. The number of rotatable bonds is 5. The zero-order valence-electron chi connectivity index (χ0n) is 16.4. The van der Waals surface area contributed by atoms with Crippen LogP contribution in [0.3, 0.4) is 0 Å². The molecular weight excluding hydrogens is 416 g/mol. The molecule has 0 fully saturated rings. The third-order valence-electron chi connectivity index (χ3n) is 4.85. The van der Waals surface area contributed by atoms with E-state index in [0.717, 1.165) is 38.8 Å². The van der Waals surface area contributed by atoms with Gasteiger partial charge < -0.3 is 9.88 Å². The summed E-state index contributed by atoms with van der Waals surface area (Å²) in [6.45, 7) is 4.69. The normalized spacial score (nSPS) is 12.6. The van der Waals surface area contributed by atoms with E-state index in [1.807, 2.05) is 49.4 Å². The van der Waals surface area contributed by atoms with Gasteiger partial charge in [-0.2, -0.15) is 0 Å². The van der Waals surface area contributed by atoms with Crippen molar-refractivity contribution in [2.75, 3.05) is 5.32 Å². The molecule has 5 aromatic rings. The van der Waals surface area contributed by atoms with Gasteiger partial charge in [0, 0.05) is 11.9 Å². The Bertz CT molecular complexity index is 1360. The number of nitrogens with zero attached hydrogens (tertiary/aromatic N) is 5. The number of carbonyl (C=O) groups is 1. The lowest BCUT2D eigenvalue weighted by Crippen LogP contribution is -2.22. The molecule has 1 amide bonds. The molecular formula is C21H18N6OS2. The zero-order chi connectivity index (χ0) is 20.7. The quantitative estimate of drug-likeness (QED) is 0.403. The van der Waals surface area contributed by atoms with Gasteiger partial charge in [-0.25, -0.2) is 9.97 Å². The molecule has 30 heavy (non-hydrogen) atoms. The van der Waals surface area contributed by atoms with Gasteiger partial charge in [-0.1, -0.05) is 53.4 Å². The summed E-state index contributed by atoms with van der Waals surface area (Å²) in [5.74, 6) is -0.140. The zero-order valence-corrected chi connectivity index (χ0v) is 18.0. The average Bonchev–Trinajstić information content (AvgIpc) is 3.31. The molecule has 0 bridgehead atoms. The second-order valence-corrected chi connectivity index (χ2v) is 9.10. The molecule has 0 saturated heterocycles. The Labute approximate surface area is 180 Å². The molecule has 0 radical (unpaired) electrons. The SMILES string of the molecule is CCn1c2ccccc2c2nnc(SC(C)C(=O)Nc3nc4ccccc4s3)nc21. The summed E-state index contributed by atoms with van der Waals surface area (Å²) in [7, 11) is 0. The highest BCUT2D eigenvalue weighted by atomic mass is 32.2. The van der Waals surface area contributed by atoms with Gasteiger partial charge in [-0.05, 0) is 32.0 Å². The van der Waals surface area contributed by atoms with Crippen LogP contribution in [0.15, 0.2) is 53.7 Å². The summed E-state index contributed by atoms with van der Waals surface area (Å²) in [5.41, 5.74) is 3.53. The van der Waals surface area contributed by atoms with E-state index in [1.165, 1.54) is 23.1 Å². The summed E-state index contributed by atoms with van der Waals surface area (Å²) in [6, 6.07) is 15.9. The lowest BCUT2D eigenvalue weighted by Gasteiger charge is -2.09. The summed E-state index contributed by atoms with van der Waals surface area (Å²) < 4.78 is 3.16. The Morgan fingerprint density at radius 2 is 1.93 bits per heavy atom. The molecule has 9 heteroatoms. The van der Waals surface area contributed by atoms with Gasteiger partial charge in [-0.3, -0.25) is 4.79 Å². The van der Waals surface area contributed by atoms with Gasteiger partial charge >= 0.3 is 0 Å². The second kappa shape index (κ2) is 7.66. The number of para-hydroxylation sites is 2. The van der Waals surface area contributed by atoms with Gasteiger partial charge in [0.2, 0.25) is 11.1 Å². The van der Waals surface area contributed by atoms with E-state index < -0.39 is 5.25 Å². The van der Waals surface area contributed by atoms with E-state index in [0.29, 0.717) is 10.3 Å². The minimum atomic E-state index is -0.393. The summed E-state index contributed by atoms with van der Waals surface area (Å²) in [5, 5.41) is 13.3. The summed E-state index contributed by atoms with van der Waals surface area (Å²) in [6.07, 6.45) is 0. The van der Waals surface area contributed by atoms with Crippen LogP contribution in [-0.2, 0) is 11.3 Å². The molecule has 7 nitrogen and oxygen atoms in total. The number of hydrogen-bond donors (Lipinski definition) is 1. The molecule has 1 atom stereocenters. The fraction of sp³-hybridized carbons (Fsp3) is 0.190. The maximum absolute atomic E-state index is 12.7. The van der Waals surface area contributed by atoms with Crippen LogP contribution in [-0.4, -0.2) is 35.9 Å². The predicted octanol–water partition coefficient (Wildman–Crippen LogP) is 4.73. The number of nitrogens with one attached hydrogen (secondary N) is 1. The number of thiazole rings is 1. The molecule has 0 saturated carbocycles. The smallest absolute Gasteiger partial charge is 0.239 e. The first-order chi connectivity index (χ1) is 14.6. The lowest BCUT2D eigenvalue weighted by molar-refractivity contribution is -0.115. The van der Waals surface area contributed by atoms with Crippen LogP contribution in [0, 0.1) is 0 Å². The molecule has 150 valence electrons. The molecule has 0 aliphatic carbocycles. The molecule has 3 aromatic heterocycles. The standard InChI is InChI=1S/C21H18N6OS2/c1-3-27-15-10-6-4-8-13(15)17-18(27)23-21(26-25-17)29-12(2)19(28)24-20-22-14-9-5-7-11-16(14)30-20/h4-12H,3H2,1-2H3,(H,22,24,28). The number of aryl methyl sites for hydroxylation is 1. The van der Waals surface area contributed by atoms with Crippen LogP contribution in [0.1, 0.15) is 13.8 Å². The first-order valence-corrected chi connectivity index (χ1v) is 11.3. The van der Waals surface area contributed by atoms with Crippen molar-refractivity contribution in [1.29, 1.82) is 0 Å². The van der Waals surface area contributed by atoms with Gasteiger partial charge in [0.15, 0.2) is 10.8 Å². The maximum Gasteiger partial charge on any atom is 0.239 e. The van der Waals surface area contributed by atoms with Crippen molar-refractivity contribution < 1.29 is 4.79 Å². The van der Waals surface area contributed by atoms with Crippen molar-refractivity contribution in [1.82, 2.24) is 24.7 Å². The first-order valence-electron chi connectivity index (χ1n) is 9.59. The fourth-order valence-corrected chi connectivity index (χ4v) is 4.98. The second-order valence-electron chi connectivity index (χ2n) is 6.76. The Hall–Kier alpha value is -3.04. The Balaban J connectivity index is 1.39. The topological polar surface area (TPSA) is 85.6 Å². The molecule has 1 N–H and O–H groups in total. The Morgan fingerprint density at radius 1 is 1.13 bits per heavy atom. The van der Waals surface area contributed by atoms with E-state index in [-0.39, 0.29) is 5.91 Å². The molecule has 0 aliphatic heterocycles. The lowest BCUT2D eigenvalue weighted by atomic mass is 10.2. The molecule has 3 heterocycles. The number of amides is 1. The van der Waals surface area contributed by atoms with E-state index >= 15 is 0 Å². The largest absolute Gasteiger partial charge is 0.324 e. The van der Waals surface area contributed by atoms with E-state index in [9.17, 15) is 4.79 Å².